The number of benzene rings is 1. The highest BCUT2D eigenvalue weighted by atomic mass is 32.1. The van der Waals surface area contributed by atoms with Gasteiger partial charge < -0.3 is 10.4 Å². The predicted octanol–water partition coefficient (Wildman–Crippen LogP) is 2.55. The molecule has 1 heterocycles. The maximum absolute atomic E-state index is 11.9. The molecule has 0 saturated heterocycles. The highest BCUT2D eigenvalue weighted by molar-refractivity contribution is 7.15. The zero-order chi connectivity index (χ0) is 15.9. The van der Waals surface area contributed by atoms with Crippen molar-refractivity contribution in [3.8, 4) is 0 Å². The molecular weight excluding hydrogens is 300 g/mol. The highest BCUT2D eigenvalue weighted by Crippen LogP contribution is 2.18. The molecule has 0 atom stereocenters. The topological polar surface area (TPSA) is 87.1 Å². The van der Waals surface area contributed by atoms with Crippen LogP contribution >= 0.6 is 11.3 Å². The lowest BCUT2D eigenvalue weighted by molar-refractivity contribution is 0.251. The van der Waals surface area contributed by atoms with Crippen LogP contribution in [-0.4, -0.2) is 21.3 Å². The van der Waals surface area contributed by atoms with Gasteiger partial charge in [-0.3, -0.25) is 5.32 Å². The number of carbonyl (C=O) groups excluding carboxylic acids is 1. The van der Waals surface area contributed by atoms with Gasteiger partial charge in [0, 0.05) is 13.0 Å². The van der Waals surface area contributed by atoms with Crippen LogP contribution in [0.4, 0.5) is 9.93 Å². The molecule has 0 spiro atoms. The van der Waals surface area contributed by atoms with E-state index < -0.39 is 0 Å². The predicted molar refractivity (Wildman–Crippen MR) is 86.7 cm³/mol. The van der Waals surface area contributed by atoms with E-state index in [4.69, 9.17) is 0 Å². The lowest BCUT2D eigenvalue weighted by atomic mass is 10.1. The summed E-state index contributed by atoms with van der Waals surface area (Å²) in [7, 11) is 0. The number of amides is 2. The standard InChI is InChI=1S/C15H20N4O2S/c1-10(2)7-13-18-19-15(22-13)17-14(21)16-8-11-5-3-4-6-12(11)9-20/h3-6,10,20H,7-9H2,1-2H3,(H2,16,17,19,21). The van der Waals surface area contributed by atoms with Crippen LogP contribution in [0.25, 0.3) is 0 Å². The van der Waals surface area contributed by atoms with Crippen LogP contribution in [0.5, 0.6) is 0 Å². The number of anilines is 1. The van der Waals surface area contributed by atoms with Gasteiger partial charge >= 0.3 is 6.03 Å². The Hall–Kier alpha value is -1.99. The van der Waals surface area contributed by atoms with E-state index in [1.807, 2.05) is 24.3 Å². The maximum Gasteiger partial charge on any atom is 0.321 e. The molecule has 0 bridgehead atoms. The van der Waals surface area contributed by atoms with E-state index in [9.17, 15) is 9.90 Å². The Morgan fingerprint density at radius 2 is 2.00 bits per heavy atom. The Bertz CT molecular complexity index is 628. The highest BCUT2D eigenvalue weighted by Gasteiger charge is 2.09. The first-order valence-electron chi connectivity index (χ1n) is 7.13. The van der Waals surface area contributed by atoms with Gasteiger partial charge in [0.2, 0.25) is 5.13 Å². The van der Waals surface area contributed by atoms with Gasteiger partial charge in [-0.15, -0.1) is 10.2 Å². The van der Waals surface area contributed by atoms with E-state index in [2.05, 4.69) is 34.7 Å². The summed E-state index contributed by atoms with van der Waals surface area (Å²) in [4.78, 5) is 11.9. The van der Waals surface area contributed by atoms with Gasteiger partial charge in [0.25, 0.3) is 0 Å². The van der Waals surface area contributed by atoms with Crippen LogP contribution in [-0.2, 0) is 19.6 Å². The minimum absolute atomic E-state index is 0.0472. The summed E-state index contributed by atoms with van der Waals surface area (Å²) < 4.78 is 0. The molecule has 118 valence electrons. The number of nitrogens with zero attached hydrogens (tertiary/aromatic N) is 2. The Balaban J connectivity index is 1.86. The van der Waals surface area contributed by atoms with Gasteiger partial charge in [-0.2, -0.15) is 0 Å². The molecule has 1 aromatic heterocycles. The fraction of sp³-hybridized carbons (Fsp3) is 0.400. The molecule has 2 aromatic rings. The molecule has 6 nitrogen and oxygen atoms in total. The van der Waals surface area contributed by atoms with Gasteiger partial charge in [0.1, 0.15) is 5.01 Å². The molecule has 22 heavy (non-hydrogen) atoms. The summed E-state index contributed by atoms with van der Waals surface area (Å²) in [5, 5.41) is 24.1. The monoisotopic (exact) mass is 320 g/mol. The fourth-order valence-corrected chi connectivity index (χ4v) is 2.88. The van der Waals surface area contributed by atoms with E-state index >= 15 is 0 Å². The number of hydrogen-bond acceptors (Lipinski definition) is 5. The molecule has 0 radical (unpaired) electrons. The Morgan fingerprint density at radius 1 is 1.27 bits per heavy atom. The van der Waals surface area contributed by atoms with Crippen molar-refractivity contribution < 1.29 is 9.90 Å². The van der Waals surface area contributed by atoms with E-state index in [1.165, 1.54) is 11.3 Å². The molecule has 2 amide bonds. The van der Waals surface area contributed by atoms with Crippen molar-refractivity contribution in [3.63, 3.8) is 0 Å². The van der Waals surface area contributed by atoms with Crippen molar-refractivity contribution in [2.75, 3.05) is 5.32 Å². The lowest BCUT2D eigenvalue weighted by Crippen LogP contribution is -2.28. The zero-order valence-electron chi connectivity index (χ0n) is 12.7. The third-order valence-electron chi connectivity index (χ3n) is 3.00. The van der Waals surface area contributed by atoms with Gasteiger partial charge in [-0.1, -0.05) is 49.4 Å². The molecular formula is C15H20N4O2S. The molecule has 3 N–H and O–H groups in total. The van der Waals surface area contributed by atoms with Crippen molar-refractivity contribution in [1.29, 1.82) is 0 Å². The van der Waals surface area contributed by atoms with Crippen LogP contribution in [0.2, 0.25) is 0 Å². The van der Waals surface area contributed by atoms with Crippen molar-refractivity contribution in [2.24, 2.45) is 5.92 Å². The van der Waals surface area contributed by atoms with E-state index in [0.29, 0.717) is 17.6 Å². The molecule has 0 aliphatic rings. The second-order valence-electron chi connectivity index (χ2n) is 5.33. The minimum atomic E-state index is -0.333. The molecule has 0 saturated carbocycles. The van der Waals surface area contributed by atoms with Crippen LogP contribution in [0.1, 0.15) is 30.0 Å². The van der Waals surface area contributed by atoms with Crippen molar-refractivity contribution in [3.05, 3.63) is 40.4 Å². The van der Waals surface area contributed by atoms with E-state index in [1.54, 1.807) is 0 Å². The molecule has 0 aliphatic carbocycles. The van der Waals surface area contributed by atoms with Crippen LogP contribution in [0.3, 0.4) is 0 Å². The Morgan fingerprint density at radius 3 is 2.68 bits per heavy atom. The summed E-state index contributed by atoms with van der Waals surface area (Å²) in [6.45, 7) is 4.52. The van der Waals surface area contributed by atoms with Gasteiger partial charge in [0.05, 0.1) is 6.61 Å². The number of nitrogens with one attached hydrogen (secondary N) is 2. The van der Waals surface area contributed by atoms with Crippen molar-refractivity contribution in [1.82, 2.24) is 15.5 Å². The molecule has 0 unspecified atom stereocenters. The summed E-state index contributed by atoms with van der Waals surface area (Å²) >= 11 is 1.38. The third-order valence-corrected chi connectivity index (χ3v) is 3.86. The van der Waals surface area contributed by atoms with Crippen molar-refractivity contribution in [2.45, 2.75) is 33.4 Å². The quantitative estimate of drug-likeness (QED) is 0.763. The summed E-state index contributed by atoms with van der Waals surface area (Å²) in [6.07, 6.45) is 0.852. The average Bonchev–Trinajstić information content (AvgIpc) is 2.91. The zero-order valence-corrected chi connectivity index (χ0v) is 13.5. The van der Waals surface area contributed by atoms with E-state index in [0.717, 1.165) is 22.6 Å². The van der Waals surface area contributed by atoms with Gasteiger partial charge in [-0.25, -0.2) is 4.79 Å². The van der Waals surface area contributed by atoms with Crippen LogP contribution in [0.15, 0.2) is 24.3 Å². The average molecular weight is 320 g/mol. The number of carbonyl (C=O) groups is 1. The number of rotatable bonds is 6. The summed E-state index contributed by atoms with van der Waals surface area (Å²) in [6, 6.07) is 7.10. The first-order chi connectivity index (χ1) is 10.6. The van der Waals surface area contributed by atoms with Crippen LogP contribution < -0.4 is 10.6 Å². The lowest BCUT2D eigenvalue weighted by Gasteiger charge is -2.08. The largest absolute Gasteiger partial charge is 0.392 e. The summed E-state index contributed by atoms with van der Waals surface area (Å²) in [5.41, 5.74) is 1.69. The molecule has 0 fully saturated rings. The molecule has 2 rings (SSSR count). The number of aromatic nitrogens is 2. The second-order valence-corrected chi connectivity index (χ2v) is 6.40. The Labute approximate surface area is 133 Å². The fourth-order valence-electron chi connectivity index (χ4n) is 1.94. The number of hydrogen-bond donors (Lipinski definition) is 3. The summed E-state index contributed by atoms with van der Waals surface area (Å²) in [5.74, 6) is 0.504. The van der Waals surface area contributed by atoms with Crippen molar-refractivity contribution >= 4 is 22.5 Å². The maximum atomic E-state index is 11.9. The minimum Gasteiger partial charge on any atom is -0.392 e. The van der Waals surface area contributed by atoms with E-state index in [-0.39, 0.29) is 12.6 Å². The third kappa shape index (κ3) is 4.78. The molecule has 7 heteroatoms. The van der Waals surface area contributed by atoms with Crippen LogP contribution in [0, 0.1) is 5.92 Å². The molecule has 0 aliphatic heterocycles. The first-order valence-corrected chi connectivity index (χ1v) is 7.95. The molecule has 1 aromatic carbocycles. The number of aliphatic hydroxyl groups is 1. The first kappa shape index (κ1) is 16.4. The SMILES string of the molecule is CC(C)Cc1nnc(NC(=O)NCc2ccccc2CO)s1. The Kier molecular flexibility index (Phi) is 5.85. The number of aliphatic hydroxyl groups excluding tert-OH is 1. The number of urea groups is 1. The normalized spacial score (nSPS) is 10.7. The second kappa shape index (κ2) is 7.86. The smallest absolute Gasteiger partial charge is 0.321 e. The van der Waals surface area contributed by atoms with Gasteiger partial charge in [-0.05, 0) is 17.0 Å². The van der Waals surface area contributed by atoms with Gasteiger partial charge in [0.15, 0.2) is 0 Å².